The van der Waals surface area contributed by atoms with E-state index in [0.29, 0.717) is 19.1 Å². The van der Waals surface area contributed by atoms with Crippen molar-refractivity contribution >= 4 is 11.6 Å². The molecule has 1 amide bonds. The minimum atomic E-state index is 0.0871. The Kier molecular flexibility index (Phi) is 3.92. The number of nitrogens with one attached hydrogen (secondary N) is 1. The highest BCUT2D eigenvalue weighted by Gasteiger charge is 2.27. The maximum Gasteiger partial charge on any atom is 0.239 e. The number of hydrogen-bond acceptors (Lipinski definition) is 3. The SMILES string of the molecule is CC1Cc2ccccc2N1CC(=O)NCC1CCCO1. The molecule has 108 valence electrons. The van der Waals surface area contributed by atoms with Crippen LogP contribution in [-0.4, -0.2) is 37.7 Å². The highest BCUT2D eigenvalue weighted by atomic mass is 16.5. The fourth-order valence-electron chi connectivity index (χ4n) is 3.11. The van der Waals surface area contributed by atoms with Gasteiger partial charge in [-0.15, -0.1) is 0 Å². The third kappa shape index (κ3) is 2.80. The zero-order valence-corrected chi connectivity index (χ0v) is 12.0. The summed E-state index contributed by atoms with van der Waals surface area (Å²) >= 11 is 0. The molecule has 0 saturated carbocycles. The summed E-state index contributed by atoms with van der Waals surface area (Å²) in [5, 5.41) is 3.00. The first-order chi connectivity index (χ1) is 9.74. The molecule has 2 heterocycles. The van der Waals surface area contributed by atoms with E-state index >= 15 is 0 Å². The predicted molar refractivity (Wildman–Crippen MR) is 78.9 cm³/mol. The van der Waals surface area contributed by atoms with Crippen molar-refractivity contribution in [3.8, 4) is 0 Å². The normalized spacial score (nSPS) is 24.8. The Morgan fingerprint density at radius 3 is 3.10 bits per heavy atom. The number of rotatable bonds is 4. The van der Waals surface area contributed by atoms with Crippen LogP contribution in [0.15, 0.2) is 24.3 Å². The fourth-order valence-corrected chi connectivity index (χ4v) is 3.11. The van der Waals surface area contributed by atoms with Crippen LogP contribution in [0.5, 0.6) is 0 Å². The molecular weight excluding hydrogens is 252 g/mol. The number of amides is 1. The van der Waals surface area contributed by atoms with Gasteiger partial charge in [-0.2, -0.15) is 0 Å². The van der Waals surface area contributed by atoms with Crippen molar-refractivity contribution in [3.63, 3.8) is 0 Å². The van der Waals surface area contributed by atoms with Gasteiger partial charge in [-0.05, 0) is 37.8 Å². The molecule has 1 saturated heterocycles. The van der Waals surface area contributed by atoms with Gasteiger partial charge in [-0.3, -0.25) is 4.79 Å². The molecule has 0 bridgehead atoms. The van der Waals surface area contributed by atoms with Gasteiger partial charge >= 0.3 is 0 Å². The Morgan fingerprint density at radius 1 is 1.45 bits per heavy atom. The molecular formula is C16H22N2O2. The van der Waals surface area contributed by atoms with Crippen molar-refractivity contribution in [3.05, 3.63) is 29.8 Å². The molecule has 0 spiro atoms. The van der Waals surface area contributed by atoms with E-state index in [1.807, 2.05) is 6.07 Å². The van der Waals surface area contributed by atoms with Crippen molar-refractivity contribution in [2.75, 3.05) is 24.6 Å². The van der Waals surface area contributed by atoms with Gasteiger partial charge in [-0.1, -0.05) is 18.2 Å². The second-order valence-electron chi connectivity index (χ2n) is 5.75. The Labute approximate surface area is 120 Å². The highest BCUT2D eigenvalue weighted by Crippen LogP contribution is 2.31. The zero-order chi connectivity index (χ0) is 13.9. The number of ether oxygens (including phenoxy) is 1. The van der Waals surface area contributed by atoms with Gasteiger partial charge in [0.1, 0.15) is 0 Å². The minimum absolute atomic E-state index is 0.0871. The van der Waals surface area contributed by atoms with Crippen LogP contribution < -0.4 is 10.2 Å². The fraction of sp³-hybridized carbons (Fsp3) is 0.562. The number of fused-ring (bicyclic) bond motifs is 1. The summed E-state index contributed by atoms with van der Waals surface area (Å²) in [5.74, 6) is 0.0871. The van der Waals surface area contributed by atoms with Crippen molar-refractivity contribution < 1.29 is 9.53 Å². The maximum absolute atomic E-state index is 12.1. The molecule has 2 unspecified atom stereocenters. The first kappa shape index (κ1) is 13.4. The topological polar surface area (TPSA) is 41.6 Å². The number of carbonyl (C=O) groups is 1. The molecule has 2 aliphatic heterocycles. The van der Waals surface area contributed by atoms with Gasteiger partial charge < -0.3 is 15.0 Å². The lowest BCUT2D eigenvalue weighted by atomic mass is 10.1. The van der Waals surface area contributed by atoms with E-state index in [-0.39, 0.29) is 12.0 Å². The molecule has 0 aliphatic carbocycles. The van der Waals surface area contributed by atoms with Crippen LogP contribution in [-0.2, 0) is 16.0 Å². The van der Waals surface area contributed by atoms with Crippen LogP contribution >= 0.6 is 0 Å². The van der Waals surface area contributed by atoms with Gasteiger partial charge in [0.05, 0.1) is 12.6 Å². The molecule has 1 aromatic rings. The summed E-state index contributed by atoms with van der Waals surface area (Å²) in [5.41, 5.74) is 2.54. The second kappa shape index (κ2) is 5.83. The molecule has 4 nitrogen and oxygen atoms in total. The number of para-hydroxylation sites is 1. The van der Waals surface area contributed by atoms with Crippen LogP contribution in [0.25, 0.3) is 0 Å². The van der Waals surface area contributed by atoms with Crippen LogP contribution in [0.3, 0.4) is 0 Å². The van der Waals surface area contributed by atoms with E-state index < -0.39 is 0 Å². The predicted octanol–water partition coefficient (Wildman–Crippen LogP) is 1.73. The standard InChI is InChI=1S/C16H22N2O2/c1-12-9-13-5-2-3-7-15(13)18(12)11-16(19)17-10-14-6-4-8-20-14/h2-3,5,7,12,14H,4,6,8-11H2,1H3,(H,17,19). The van der Waals surface area contributed by atoms with Gasteiger partial charge in [0, 0.05) is 24.9 Å². The summed E-state index contributed by atoms with van der Waals surface area (Å²) in [6.45, 7) is 4.08. The molecule has 0 aromatic heterocycles. The second-order valence-corrected chi connectivity index (χ2v) is 5.75. The molecule has 20 heavy (non-hydrogen) atoms. The van der Waals surface area contributed by atoms with Crippen molar-refractivity contribution in [2.24, 2.45) is 0 Å². The number of anilines is 1. The molecule has 4 heteroatoms. The third-order valence-corrected chi connectivity index (χ3v) is 4.21. The number of carbonyl (C=O) groups excluding carboxylic acids is 1. The van der Waals surface area contributed by atoms with Gasteiger partial charge in [0.25, 0.3) is 0 Å². The first-order valence-corrected chi connectivity index (χ1v) is 7.47. The summed E-state index contributed by atoms with van der Waals surface area (Å²) in [6.07, 6.45) is 3.40. The van der Waals surface area contributed by atoms with E-state index in [4.69, 9.17) is 4.74 Å². The van der Waals surface area contributed by atoms with Gasteiger partial charge in [0.15, 0.2) is 0 Å². The molecule has 1 fully saturated rings. The lowest BCUT2D eigenvalue weighted by Gasteiger charge is -2.24. The van der Waals surface area contributed by atoms with Crippen LogP contribution in [0.4, 0.5) is 5.69 Å². The number of hydrogen-bond donors (Lipinski definition) is 1. The quantitative estimate of drug-likeness (QED) is 0.909. The third-order valence-electron chi connectivity index (χ3n) is 4.21. The van der Waals surface area contributed by atoms with Crippen LogP contribution in [0, 0.1) is 0 Å². The van der Waals surface area contributed by atoms with E-state index in [1.165, 1.54) is 11.3 Å². The molecule has 1 N–H and O–H groups in total. The maximum atomic E-state index is 12.1. The Balaban J connectivity index is 1.55. The Morgan fingerprint density at radius 2 is 2.30 bits per heavy atom. The number of nitrogens with zero attached hydrogens (tertiary/aromatic N) is 1. The monoisotopic (exact) mass is 274 g/mol. The summed E-state index contributed by atoms with van der Waals surface area (Å²) in [7, 11) is 0. The first-order valence-electron chi connectivity index (χ1n) is 7.47. The average Bonchev–Trinajstić information content (AvgIpc) is 3.06. The van der Waals surface area contributed by atoms with Crippen molar-refractivity contribution in [2.45, 2.75) is 38.3 Å². The van der Waals surface area contributed by atoms with E-state index in [0.717, 1.165) is 25.9 Å². The minimum Gasteiger partial charge on any atom is -0.376 e. The summed E-state index contributed by atoms with van der Waals surface area (Å²) in [4.78, 5) is 14.3. The lowest BCUT2D eigenvalue weighted by Crippen LogP contribution is -2.42. The molecule has 0 radical (unpaired) electrons. The molecule has 2 aliphatic rings. The van der Waals surface area contributed by atoms with E-state index in [9.17, 15) is 4.79 Å². The zero-order valence-electron chi connectivity index (χ0n) is 12.0. The average molecular weight is 274 g/mol. The van der Waals surface area contributed by atoms with E-state index in [2.05, 4.69) is 35.3 Å². The molecule has 3 rings (SSSR count). The molecule has 1 aromatic carbocycles. The lowest BCUT2D eigenvalue weighted by molar-refractivity contribution is -0.120. The smallest absolute Gasteiger partial charge is 0.239 e. The van der Waals surface area contributed by atoms with Crippen molar-refractivity contribution in [1.29, 1.82) is 0 Å². The van der Waals surface area contributed by atoms with Gasteiger partial charge in [-0.25, -0.2) is 0 Å². The van der Waals surface area contributed by atoms with Crippen LogP contribution in [0.1, 0.15) is 25.3 Å². The Hall–Kier alpha value is -1.55. The number of benzene rings is 1. The largest absolute Gasteiger partial charge is 0.376 e. The summed E-state index contributed by atoms with van der Waals surface area (Å²) in [6, 6.07) is 8.74. The highest BCUT2D eigenvalue weighted by molar-refractivity contribution is 5.82. The van der Waals surface area contributed by atoms with Gasteiger partial charge in [0.2, 0.25) is 5.91 Å². The Bertz CT molecular complexity index is 483. The summed E-state index contributed by atoms with van der Waals surface area (Å²) < 4.78 is 5.52. The van der Waals surface area contributed by atoms with E-state index in [1.54, 1.807) is 0 Å². The van der Waals surface area contributed by atoms with Crippen molar-refractivity contribution in [1.82, 2.24) is 5.32 Å². The van der Waals surface area contributed by atoms with Crippen LogP contribution in [0.2, 0.25) is 0 Å². The molecule has 2 atom stereocenters.